The van der Waals surface area contributed by atoms with E-state index in [0.717, 1.165) is 18.4 Å². The molecule has 2 aromatic carbocycles. The van der Waals surface area contributed by atoms with Crippen molar-refractivity contribution in [2.75, 3.05) is 26.2 Å². The van der Waals surface area contributed by atoms with Gasteiger partial charge in [0.05, 0.1) is 11.4 Å². The molecular formula is C23H30N2O4S. The standard InChI is InChI=1S/C23H30N2O4S/c1-18-5-6-20(17-19(18)2)7-12-23(26)24-13-16-29-21-8-10-22(11-9-21)30(27,28)25-14-3-4-15-25/h5-6,8-11,17H,3-4,7,12-16H2,1-2H3,(H,24,26). The first-order chi connectivity index (χ1) is 14.4. The molecule has 6 nitrogen and oxygen atoms in total. The zero-order chi connectivity index (χ0) is 21.6. The van der Waals surface area contributed by atoms with Crippen LogP contribution in [0.1, 0.15) is 36.0 Å². The highest BCUT2D eigenvalue weighted by Crippen LogP contribution is 2.22. The Labute approximate surface area is 179 Å². The predicted octanol–water partition coefficient (Wildman–Crippen LogP) is 3.22. The van der Waals surface area contributed by atoms with Gasteiger partial charge in [0.15, 0.2) is 0 Å². The zero-order valence-corrected chi connectivity index (χ0v) is 18.5. The minimum Gasteiger partial charge on any atom is -0.492 e. The van der Waals surface area contributed by atoms with E-state index in [4.69, 9.17) is 4.74 Å². The third kappa shape index (κ3) is 5.83. The van der Waals surface area contributed by atoms with E-state index in [1.54, 1.807) is 24.3 Å². The van der Waals surface area contributed by atoms with Gasteiger partial charge in [-0.2, -0.15) is 4.31 Å². The van der Waals surface area contributed by atoms with Gasteiger partial charge >= 0.3 is 0 Å². The second-order valence-electron chi connectivity index (χ2n) is 7.70. The average molecular weight is 431 g/mol. The van der Waals surface area contributed by atoms with Gasteiger partial charge in [-0.15, -0.1) is 0 Å². The maximum atomic E-state index is 12.5. The largest absolute Gasteiger partial charge is 0.492 e. The van der Waals surface area contributed by atoms with Crippen LogP contribution < -0.4 is 10.1 Å². The molecule has 1 fully saturated rings. The number of benzene rings is 2. The molecule has 0 aliphatic carbocycles. The van der Waals surface area contributed by atoms with Gasteiger partial charge < -0.3 is 10.1 Å². The molecule has 1 aliphatic heterocycles. The van der Waals surface area contributed by atoms with Crippen molar-refractivity contribution < 1.29 is 17.9 Å². The Hall–Kier alpha value is -2.38. The summed E-state index contributed by atoms with van der Waals surface area (Å²) in [6.45, 7) is 6.05. The second kappa shape index (κ2) is 10.1. The molecular weight excluding hydrogens is 400 g/mol. The number of nitrogens with zero attached hydrogens (tertiary/aromatic N) is 1. The minimum atomic E-state index is -3.41. The number of carbonyl (C=O) groups is 1. The zero-order valence-electron chi connectivity index (χ0n) is 17.7. The third-order valence-corrected chi connectivity index (χ3v) is 7.34. The molecule has 0 aromatic heterocycles. The Balaban J connectivity index is 1.38. The van der Waals surface area contributed by atoms with Gasteiger partial charge in [-0.25, -0.2) is 8.42 Å². The van der Waals surface area contributed by atoms with E-state index in [9.17, 15) is 13.2 Å². The molecule has 3 rings (SSSR count). The Morgan fingerprint density at radius 1 is 1.03 bits per heavy atom. The summed E-state index contributed by atoms with van der Waals surface area (Å²) in [5, 5.41) is 2.86. The van der Waals surface area contributed by atoms with Crippen molar-refractivity contribution in [2.45, 2.75) is 44.4 Å². The van der Waals surface area contributed by atoms with Crippen LogP contribution in [0.5, 0.6) is 5.75 Å². The van der Waals surface area contributed by atoms with Crippen LogP contribution >= 0.6 is 0 Å². The fourth-order valence-corrected chi connectivity index (χ4v) is 4.97. The molecule has 0 atom stereocenters. The molecule has 0 bridgehead atoms. The summed E-state index contributed by atoms with van der Waals surface area (Å²) in [6, 6.07) is 12.7. The van der Waals surface area contributed by atoms with Gasteiger partial charge in [-0.3, -0.25) is 4.79 Å². The van der Waals surface area contributed by atoms with Crippen molar-refractivity contribution in [2.24, 2.45) is 0 Å². The van der Waals surface area contributed by atoms with Gasteiger partial charge in [0.1, 0.15) is 12.4 Å². The van der Waals surface area contributed by atoms with Gasteiger partial charge in [-0.1, -0.05) is 18.2 Å². The van der Waals surface area contributed by atoms with Crippen LogP contribution in [0.3, 0.4) is 0 Å². The van der Waals surface area contributed by atoms with Gasteiger partial charge in [0, 0.05) is 19.5 Å². The van der Waals surface area contributed by atoms with Gasteiger partial charge in [0.25, 0.3) is 0 Å². The number of aryl methyl sites for hydroxylation is 3. The number of hydrogen-bond donors (Lipinski definition) is 1. The molecule has 162 valence electrons. The summed E-state index contributed by atoms with van der Waals surface area (Å²) in [5.41, 5.74) is 3.65. The molecule has 30 heavy (non-hydrogen) atoms. The van der Waals surface area contributed by atoms with Crippen molar-refractivity contribution in [3.8, 4) is 5.75 Å². The van der Waals surface area contributed by atoms with Crippen LogP contribution in [0, 0.1) is 13.8 Å². The molecule has 1 N–H and O–H groups in total. The first-order valence-electron chi connectivity index (χ1n) is 10.4. The van der Waals surface area contributed by atoms with E-state index in [1.165, 1.54) is 15.4 Å². The fraction of sp³-hybridized carbons (Fsp3) is 0.435. The molecule has 2 aromatic rings. The third-order valence-electron chi connectivity index (χ3n) is 5.43. The number of sulfonamides is 1. The Bertz CT molecular complexity index is 965. The van der Waals surface area contributed by atoms with E-state index < -0.39 is 10.0 Å². The number of nitrogens with one attached hydrogen (secondary N) is 1. The number of ether oxygens (including phenoxy) is 1. The molecule has 0 radical (unpaired) electrons. The maximum Gasteiger partial charge on any atom is 0.243 e. The summed E-state index contributed by atoms with van der Waals surface area (Å²) in [5.74, 6) is 0.573. The molecule has 0 spiro atoms. The summed E-state index contributed by atoms with van der Waals surface area (Å²) < 4.78 is 32.2. The van der Waals surface area contributed by atoms with Crippen LogP contribution in [-0.2, 0) is 21.2 Å². The van der Waals surface area contributed by atoms with Crippen molar-refractivity contribution in [3.63, 3.8) is 0 Å². The van der Waals surface area contributed by atoms with Gasteiger partial charge in [-0.05, 0) is 74.1 Å². The molecule has 0 saturated carbocycles. The summed E-state index contributed by atoms with van der Waals surface area (Å²) >= 11 is 0. The second-order valence-corrected chi connectivity index (χ2v) is 9.64. The Morgan fingerprint density at radius 2 is 1.73 bits per heavy atom. The SMILES string of the molecule is Cc1ccc(CCC(=O)NCCOc2ccc(S(=O)(=O)N3CCCC3)cc2)cc1C. The molecule has 1 aliphatic rings. The van der Waals surface area contributed by atoms with E-state index in [0.29, 0.717) is 44.8 Å². The molecule has 1 amide bonds. The number of rotatable bonds is 9. The molecule has 1 heterocycles. The maximum absolute atomic E-state index is 12.5. The van der Waals surface area contributed by atoms with Crippen molar-refractivity contribution in [1.29, 1.82) is 0 Å². The van der Waals surface area contributed by atoms with Crippen LogP contribution in [0.2, 0.25) is 0 Å². The lowest BCUT2D eigenvalue weighted by Crippen LogP contribution is -2.28. The Kier molecular flexibility index (Phi) is 7.50. The number of carbonyl (C=O) groups excluding carboxylic acids is 1. The van der Waals surface area contributed by atoms with Crippen molar-refractivity contribution >= 4 is 15.9 Å². The minimum absolute atomic E-state index is 0.0103. The molecule has 1 saturated heterocycles. The summed E-state index contributed by atoms with van der Waals surface area (Å²) in [6.07, 6.45) is 2.97. The normalized spacial score (nSPS) is 14.6. The van der Waals surface area contributed by atoms with E-state index in [-0.39, 0.29) is 10.8 Å². The van der Waals surface area contributed by atoms with E-state index in [2.05, 4.69) is 37.4 Å². The lowest BCUT2D eigenvalue weighted by molar-refractivity contribution is -0.121. The highest BCUT2D eigenvalue weighted by molar-refractivity contribution is 7.89. The summed E-state index contributed by atoms with van der Waals surface area (Å²) in [4.78, 5) is 12.3. The van der Waals surface area contributed by atoms with Crippen LogP contribution in [-0.4, -0.2) is 44.9 Å². The van der Waals surface area contributed by atoms with Crippen molar-refractivity contribution in [1.82, 2.24) is 9.62 Å². The lowest BCUT2D eigenvalue weighted by Gasteiger charge is -2.15. The lowest BCUT2D eigenvalue weighted by atomic mass is 10.0. The highest BCUT2D eigenvalue weighted by Gasteiger charge is 2.26. The highest BCUT2D eigenvalue weighted by atomic mass is 32.2. The van der Waals surface area contributed by atoms with E-state index in [1.807, 2.05) is 0 Å². The Morgan fingerprint density at radius 3 is 2.40 bits per heavy atom. The summed E-state index contributed by atoms with van der Waals surface area (Å²) in [7, 11) is -3.41. The quantitative estimate of drug-likeness (QED) is 0.620. The van der Waals surface area contributed by atoms with Crippen LogP contribution in [0.4, 0.5) is 0 Å². The molecule has 0 unspecified atom stereocenters. The first-order valence-corrected chi connectivity index (χ1v) is 11.9. The average Bonchev–Trinajstić information content (AvgIpc) is 3.28. The predicted molar refractivity (Wildman–Crippen MR) is 117 cm³/mol. The molecule has 7 heteroatoms. The fourth-order valence-electron chi connectivity index (χ4n) is 3.45. The number of hydrogen-bond acceptors (Lipinski definition) is 4. The van der Waals surface area contributed by atoms with Crippen LogP contribution in [0.15, 0.2) is 47.4 Å². The first kappa shape index (κ1) is 22.3. The smallest absolute Gasteiger partial charge is 0.243 e. The monoisotopic (exact) mass is 430 g/mol. The topological polar surface area (TPSA) is 75.7 Å². The van der Waals surface area contributed by atoms with Crippen LogP contribution in [0.25, 0.3) is 0 Å². The number of amides is 1. The van der Waals surface area contributed by atoms with E-state index >= 15 is 0 Å². The van der Waals surface area contributed by atoms with Crippen molar-refractivity contribution in [3.05, 3.63) is 59.2 Å². The van der Waals surface area contributed by atoms with Gasteiger partial charge in [0.2, 0.25) is 15.9 Å².